The summed E-state index contributed by atoms with van der Waals surface area (Å²) >= 11 is 0. The Labute approximate surface area is 94.0 Å². The normalized spacial score (nSPS) is 11.1. The maximum Gasteiger partial charge on any atom is 0.0688 e. The van der Waals surface area contributed by atoms with Crippen LogP contribution in [0.1, 0.15) is 5.56 Å². The summed E-state index contributed by atoms with van der Waals surface area (Å²) in [6.45, 7) is 0.0886. The maximum absolute atomic E-state index is 9.40. The van der Waals surface area contributed by atoms with E-state index in [-0.39, 0.29) is 6.61 Å². The van der Waals surface area contributed by atoms with Gasteiger partial charge in [-0.15, -0.1) is 0 Å². The Morgan fingerprint density at radius 1 is 0.750 bits per heavy atom. The van der Waals surface area contributed by atoms with Gasteiger partial charge in [0, 0.05) is 0 Å². The van der Waals surface area contributed by atoms with E-state index in [0.717, 1.165) is 5.56 Å². The molecule has 0 aliphatic carbocycles. The lowest BCUT2D eigenvalue weighted by Crippen LogP contribution is -1.86. The number of benzene rings is 3. The Balaban J connectivity index is 2.57. The average Bonchev–Trinajstić information content (AvgIpc) is 2.37. The van der Waals surface area contributed by atoms with Crippen LogP contribution < -0.4 is 0 Å². The van der Waals surface area contributed by atoms with Gasteiger partial charge in [-0.05, 0) is 27.1 Å². The molecule has 1 N–H and O–H groups in total. The number of hydrogen-bond acceptors (Lipinski definition) is 1. The monoisotopic (exact) mass is 208 g/mol. The van der Waals surface area contributed by atoms with Gasteiger partial charge in [-0.1, -0.05) is 54.6 Å². The van der Waals surface area contributed by atoms with Crippen molar-refractivity contribution >= 4 is 21.5 Å². The topological polar surface area (TPSA) is 20.2 Å². The first-order chi connectivity index (χ1) is 7.90. The Bertz CT molecular complexity index is 656. The molecule has 0 saturated heterocycles. The maximum atomic E-state index is 9.40. The lowest BCUT2D eigenvalue weighted by atomic mass is 9.98. The molecule has 0 aliphatic heterocycles. The van der Waals surface area contributed by atoms with Crippen LogP contribution >= 0.6 is 0 Å². The highest BCUT2D eigenvalue weighted by Crippen LogP contribution is 2.28. The van der Waals surface area contributed by atoms with Crippen molar-refractivity contribution in [2.75, 3.05) is 0 Å². The van der Waals surface area contributed by atoms with E-state index < -0.39 is 0 Å². The molecule has 0 spiro atoms. The highest BCUT2D eigenvalue weighted by Gasteiger charge is 2.03. The van der Waals surface area contributed by atoms with Crippen molar-refractivity contribution in [1.29, 1.82) is 0 Å². The van der Waals surface area contributed by atoms with E-state index in [9.17, 15) is 5.11 Å². The summed E-state index contributed by atoms with van der Waals surface area (Å²) < 4.78 is 0. The molecule has 0 radical (unpaired) electrons. The molecule has 3 aromatic carbocycles. The second-order valence-electron chi connectivity index (χ2n) is 3.96. The van der Waals surface area contributed by atoms with Gasteiger partial charge in [0.15, 0.2) is 0 Å². The smallest absolute Gasteiger partial charge is 0.0688 e. The summed E-state index contributed by atoms with van der Waals surface area (Å²) in [7, 11) is 0. The molecule has 0 fully saturated rings. The van der Waals surface area contributed by atoms with Gasteiger partial charge in [0.05, 0.1) is 6.61 Å². The molecule has 0 saturated carbocycles. The van der Waals surface area contributed by atoms with Crippen molar-refractivity contribution in [3.05, 3.63) is 60.2 Å². The van der Waals surface area contributed by atoms with Crippen molar-refractivity contribution in [2.45, 2.75) is 6.61 Å². The SMILES string of the molecule is OCc1cccc2ccc3ccccc3c12. The van der Waals surface area contributed by atoms with Crippen LogP contribution in [0.25, 0.3) is 21.5 Å². The van der Waals surface area contributed by atoms with Gasteiger partial charge in [0.1, 0.15) is 0 Å². The molecule has 1 nitrogen and oxygen atoms in total. The first-order valence-corrected chi connectivity index (χ1v) is 5.40. The molecule has 16 heavy (non-hydrogen) atoms. The van der Waals surface area contributed by atoms with Crippen LogP contribution in [0.4, 0.5) is 0 Å². The largest absolute Gasteiger partial charge is 0.392 e. The molecule has 0 bridgehead atoms. The minimum absolute atomic E-state index is 0.0886. The van der Waals surface area contributed by atoms with Gasteiger partial charge in [-0.2, -0.15) is 0 Å². The first-order valence-electron chi connectivity index (χ1n) is 5.40. The summed E-state index contributed by atoms with van der Waals surface area (Å²) in [6.07, 6.45) is 0. The summed E-state index contributed by atoms with van der Waals surface area (Å²) in [4.78, 5) is 0. The quantitative estimate of drug-likeness (QED) is 0.607. The van der Waals surface area contributed by atoms with E-state index in [0.29, 0.717) is 0 Å². The first kappa shape index (κ1) is 9.37. The van der Waals surface area contributed by atoms with E-state index in [1.54, 1.807) is 0 Å². The number of fused-ring (bicyclic) bond motifs is 3. The van der Waals surface area contributed by atoms with Crippen molar-refractivity contribution < 1.29 is 5.11 Å². The third-order valence-corrected chi connectivity index (χ3v) is 3.03. The van der Waals surface area contributed by atoms with E-state index in [1.165, 1.54) is 21.5 Å². The predicted molar refractivity (Wildman–Crippen MR) is 67.4 cm³/mol. The zero-order valence-electron chi connectivity index (χ0n) is 8.85. The second kappa shape index (κ2) is 3.62. The highest BCUT2D eigenvalue weighted by molar-refractivity contribution is 6.09. The third kappa shape index (κ3) is 1.29. The van der Waals surface area contributed by atoms with Crippen LogP contribution in [-0.2, 0) is 6.61 Å². The van der Waals surface area contributed by atoms with Gasteiger partial charge in [-0.3, -0.25) is 0 Å². The predicted octanol–water partition coefficient (Wildman–Crippen LogP) is 3.49. The number of aliphatic hydroxyl groups is 1. The summed E-state index contributed by atoms with van der Waals surface area (Å²) in [6, 6.07) is 18.6. The molecule has 0 heterocycles. The Morgan fingerprint density at radius 3 is 2.38 bits per heavy atom. The molecule has 0 aliphatic rings. The zero-order valence-corrected chi connectivity index (χ0v) is 8.85. The van der Waals surface area contributed by atoms with Crippen LogP contribution in [0.3, 0.4) is 0 Å². The lowest BCUT2D eigenvalue weighted by molar-refractivity contribution is 0.283. The minimum atomic E-state index is 0.0886. The molecular weight excluding hydrogens is 196 g/mol. The molecule has 3 aromatic rings. The Hall–Kier alpha value is -1.86. The van der Waals surface area contributed by atoms with E-state index in [4.69, 9.17) is 0 Å². The molecule has 1 heteroatoms. The fourth-order valence-corrected chi connectivity index (χ4v) is 2.27. The van der Waals surface area contributed by atoms with Gasteiger partial charge < -0.3 is 5.11 Å². The van der Waals surface area contributed by atoms with Crippen LogP contribution in [0.15, 0.2) is 54.6 Å². The minimum Gasteiger partial charge on any atom is -0.392 e. The summed E-state index contributed by atoms with van der Waals surface area (Å²) in [5.41, 5.74) is 0.995. The third-order valence-electron chi connectivity index (χ3n) is 3.03. The molecule has 0 unspecified atom stereocenters. The fraction of sp³-hybridized carbons (Fsp3) is 0.0667. The fourth-order valence-electron chi connectivity index (χ4n) is 2.27. The molecule has 0 aromatic heterocycles. The lowest BCUT2D eigenvalue weighted by Gasteiger charge is -2.07. The van der Waals surface area contributed by atoms with Crippen LogP contribution in [0.2, 0.25) is 0 Å². The van der Waals surface area contributed by atoms with E-state index in [2.05, 4.69) is 30.3 Å². The molecule has 0 atom stereocenters. The van der Waals surface area contributed by atoms with Gasteiger partial charge in [-0.25, -0.2) is 0 Å². The van der Waals surface area contributed by atoms with Crippen LogP contribution in [0.5, 0.6) is 0 Å². The standard InChI is InChI=1S/C15H12O/c16-10-13-6-3-5-12-9-8-11-4-1-2-7-14(11)15(12)13/h1-9,16H,10H2. The van der Waals surface area contributed by atoms with Crippen LogP contribution in [-0.4, -0.2) is 5.11 Å². The van der Waals surface area contributed by atoms with E-state index in [1.807, 2.05) is 24.3 Å². The molecular formula is C15H12O. The highest BCUT2D eigenvalue weighted by atomic mass is 16.3. The number of aliphatic hydroxyl groups excluding tert-OH is 1. The van der Waals surface area contributed by atoms with Crippen molar-refractivity contribution in [3.63, 3.8) is 0 Å². The van der Waals surface area contributed by atoms with Crippen molar-refractivity contribution in [1.82, 2.24) is 0 Å². The Morgan fingerprint density at radius 2 is 1.50 bits per heavy atom. The van der Waals surface area contributed by atoms with Crippen molar-refractivity contribution in [2.24, 2.45) is 0 Å². The average molecular weight is 208 g/mol. The van der Waals surface area contributed by atoms with Gasteiger partial charge in [0.25, 0.3) is 0 Å². The molecule has 3 rings (SSSR count). The molecule has 0 amide bonds. The second-order valence-corrected chi connectivity index (χ2v) is 3.96. The van der Waals surface area contributed by atoms with Gasteiger partial charge in [0.2, 0.25) is 0 Å². The number of rotatable bonds is 1. The summed E-state index contributed by atoms with van der Waals surface area (Å²) in [5, 5.41) is 14.2. The molecule has 78 valence electrons. The summed E-state index contributed by atoms with van der Waals surface area (Å²) in [5.74, 6) is 0. The Kier molecular flexibility index (Phi) is 2.12. The number of hydrogen-bond donors (Lipinski definition) is 1. The van der Waals surface area contributed by atoms with Crippen LogP contribution in [0, 0.1) is 0 Å². The zero-order chi connectivity index (χ0) is 11.0. The van der Waals surface area contributed by atoms with Gasteiger partial charge >= 0.3 is 0 Å². The van der Waals surface area contributed by atoms with Crippen molar-refractivity contribution in [3.8, 4) is 0 Å². The van der Waals surface area contributed by atoms with E-state index >= 15 is 0 Å².